The molecule has 0 amide bonds. The molecular weight excluding hydrogens is 238 g/mol. The minimum Gasteiger partial charge on any atom is -0.377 e. The molecule has 2 rings (SSSR count). The predicted molar refractivity (Wildman–Crippen MR) is 77.2 cm³/mol. The SMILES string of the molecule is CCCNC(Cc1ccn(C)n1)C1(OC)CCCC1. The van der Waals surface area contributed by atoms with Crippen LogP contribution < -0.4 is 5.32 Å². The van der Waals surface area contributed by atoms with Crippen LogP contribution in [0.2, 0.25) is 0 Å². The van der Waals surface area contributed by atoms with Crippen molar-refractivity contribution in [2.75, 3.05) is 13.7 Å². The lowest BCUT2D eigenvalue weighted by Gasteiger charge is -2.37. The van der Waals surface area contributed by atoms with Crippen molar-refractivity contribution in [2.45, 2.75) is 57.1 Å². The van der Waals surface area contributed by atoms with Crippen LogP contribution in [0.3, 0.4) is 0 Å². The number of aromatic nitrogens is 2. The summed E-state index contributed by atoms with van der Waals surface area (Å²) in [5.41, 5.74) is 1.16. The smallest absolute Gasteiger partial charge is 0.0834 e. The Kier molecular flexibility index (Phi) is 4.99. The molecule has 1 aliphatic carbocycles. The van der Waals surface area contributed by atoms with Crippen LogP contribution in [0, 0.1) is 0 Å². The van der Waals surface area contributed by atoms with Crippen molar-refractivity contribution in [1.29, 1.82) is 0 Å². The molecule has 1 saturated carbocycles. The van der Waals surface area contributed by atoms with Crippen LogP contribution in [0.5, 0.6) is 0 Å². The molecule has 1 aliphatic rings. The number of rotatable bonds is 7. The Morgan fingerprint density at radius 2 is 2.21 bits per heavy atom. The normalized spacial score (nSPS) is 19.7. The second kappa shape index (κ2) is 6.53. The summed E-state index contributed by atoms with van der Waals surface area (Å²) >= 11 is 0. The van der Waals surface area contributed by atoms with Gasteiger partial charge in [0.2, 0.25) is 0 Å². The van der Waals surface area contributed by atoms with Gasteiger partial charge in [0.15, 0.2) is 0 Å². The summed E-state index contributed by atoms with van der Waals surface area (Å²) in [4.78, 5) is 0. The molecule has 1 fully saturated rings. The molecule has 0 radical (unpaired) electrons. The monoisotopic (exact) mass is 265 g/mol. The largest absolute Gasteiger partial charge is 0.377 e. The molecule has 0 bridgehead atoms. The van der Waals surface area contributed by atoms with E-state index in [9.17, 15) is 0 Å². The van der Waals surface area contributed by atoms with Gasteiger partial charge in [-0.25, -0.2) is 0 Å². The Hall–Kier alpha value is -0.870. The molecule has 0 spiro atoms. The zero-order valence-electron chi connectivity index (χ0n) is 12.5. The van der Waals surface area contributed by atoms with E-state index in [-0.39, 0.29) is 5.60 Å². The highest BCUT2D eigenvalue weighted by atomic mass is 16.5. The minimum atomic E-state index is 0.00664. The molecule has 0 saturated heterocycles. The number of aryl methyl sites for hydroxylation is 1. The first-order valence-corrected chi connectivity index (χ1v) is 7.47. The van der Waals surface area contributed by atoms with Gasteiger partial charge in [0.05, 0.1) is 11.3 Å². The third kappa shape index (κ3) is 3.37. The van der Waals surface area contributed by atoms with Gasteiger partial charge in [0.1, 0.15) is 0 Å². The number of methoxy groups -OCH3 is 1. The van der Waals surface area contributed by atoms with Crippen LogP contribution in [0.15, 0.2) is 12.3 Å². The third-order valence-corrected chi connectivity index (χ3v) is 4.31. The zero-order chi connectivity index (χ0) is 13.7. The van der Waals surface area contributed by atoms with E-state index < -0.39 is 0 Å². The van der Waals surface area contributed by atoms with Gasteiger partial charge in [-0.1, -0.05) is 19.8 Å². The lowest BCUT2D eigenvalue weighted by molar-refractivity contribution is -0.0357. The molecular formula is C15H27N3O. The van der Waals surface area contributed by atoms with Crippen LogP contribution in [0.4, 0.5) is 0 Å². The van der Waals surface area contributed by atoms with Crippen molar-refractivity contribution in [1.82, 2.24) is 15.1 Å². The maximum atomic E-state index is 5.94. The van der Waals surface area contributed by atoms with E-state index in [0.29, 0.717) is 6.04 Å². The number of ether oxygens (including phenoxy) is 1. The van der Waals surface area contributed by atoms with E-state index in [2.05, 4.69) is 23.4 Å². The molecule has 19 heavy (non-hydrogen) atoms. The fourth-order valence-corrected chi connectivity index (χ4v) is 3.21. The quantitative estimate of drug-likeness (QED) is 0.822. The molecule has 4 heteroatoms. The fraction of sp³-hybridized carbons (Fsp3) is 0.800. The first kappa shape index (κ1) is 14.5. The predicted octanol–water partition coefficient (Wildman–Crippen LogP) is 2.29. The van der Waals surface area contributed by atoms with Crippen LogP contribution in [-0.2, 0) is 18.2 Å². The van der Waals surface area contributed by atoms with Crippen molar-refractivity contribution in [3.8, 4) is 0 Å². The average molecular weight is 265 g/mol. The zero-order valence-corrected chi connectivity index (χ0v) is 12.5. The highest BCUT2D eigenvalue weighted by molar-refractivity contribution is 5.07. The third-order valence-electron chi connectivity index (χ3n) is 4.31. The van der Waals surface area contributed by atoms with E-state index in [0.717, 1.165) is 37.9 Å². The molecule has 1 heterocycles. The summed E-state index contributed by atoms with van der Waals surface area (Å²) in [7, 11) is 3.84. The summed E-state index contributed by atoms with van der Waals surface area (Å²) in [6, 6.07) is 2.48. The molecule has 0 aliphatic heterocycles. The van der Waals surface area contributed by atoms with Gasteiger partial charge in [-0.15, -0.1) is 0 Å². The molecule has 4 nitrogen and oxygen atoms in total. The topological polar surface area (TPSA) is 39.1 Å². The number of nitrogens with one attached hydrogen (secondary N) is 1. The summed E-state index contributed by atoms with van der Waals surface area (Å²) in [5.74, 6) is 0. The molecule has 1 unspecified atom stereocenters. The molecule has 108 valence electrons. The minimum absolute atomic E-state index is 0.00664. The second-order valence-electron chi connectivity index (χ2n) is 5.67. The van der Waals surface area contributed by atoms with E-state index in [1.165, 1.54) is 12.8 Å². The number of hydrogen-bond donors (Lipinski definition) is 1. The lowest BCUT2D eigenvalue weighted by atomic mass is 9.88. The van der Waals surface area contributed by atoms with Crippen molar-refractivity contribution in [3.63, 3.8) is 0 Å². The summed E-state index contributed by atoms with van der Waals surface area (Å²) < 4.78 is 7.82. The van der Waals surface area contributed by atoms with E-state index in [4.69, 9.17) is 4.74 Å². The highest BCUT2D eigenvalue weighted by Gasteiger charge is 2.41. The van der Waals surface area contributed by atoms with Crippen LogP contribution in [0.25, 0.3) is 0 Å². The summed E-state index contributed by atoms with van der Waals surface area (Å²) in [6.07, 6.45) is 9.00. The Balaban J connectivity index is 2.10. The average Bonchev–Trinajstić information content (AvgIpc) is 3.04. The van der Waals surface area contributed by atoms with Gasteiger partial charge in [-0.3, -0.25) is 4.68 Å². The van der Waals surface area contributed by atoms with Crippen LogP contribution >= 0.6 is 0 Å². The van der Waals surface area contributed by atoms with Gasteiger partial charge in [-0.2, -0.15) is 5.10 Å². The molecule has 1 aromatic rings. The summed E-state index contributed by atoms with van der Waals surface area (Å²) in [6.45, 7) is 3.25. The molecule has 1 N–H and O–H groups in total. The first-order chi connectivity index (χ1) is 9.20. The lowest BCUT2D eigenvalue weighted by Crippen LogP contribution is -2.52. The van der Waals surface area contributed by atoms with E-state index in [1.54, 1.807) is 0 Å². The first-order valence-electron chi connectivity index (χ1n) is 7.47. The summed E-state index contributed by atoms with van der Waals surface area (Å²) in [5, 5.41) is 8.20. The maximum absolute atomic E-state index is 5.94. The Bertz CT molecular complexity index is 382. The maximum Gasteiger partial charge on any atom is 0.0834 e. The fourth-order valence-electron chi connectivity index (χ4n) is 3.21. The number of nitrogens with zero attached hydrogens (tertiary/aromatic N) is 2. The van der Waals surface area contributed by atoms with Gasteiger partial charge in [0.25, 0.3) is 0 Å². The standard InChI is InChI=1S/C15H27N3O/c1-4-10-16-14(12-13-7-11-18(2)17-13)15(19-3)8-5-6-9-15/h7,11,14,16H,4-6,8-10,12H2,1-3H3. The van der Waals surface area contributed by atoms with E-state index in [1.807, 2.05) is 25.0 Å². The van der Waals surface area contributed by atoms with Crippen molar-refractivity contribution >= 4 is 0 Å². The Morgan fingerprint density at radius 1 is 1.47 bits per heavy atom. The van der Waals surface area contributed by atoms with E-state index >= 15 is 0 Å². The molecule has 1 aromatic heterocycles. The van der Waals surface area contributed by atoms with Gasteiger partial charge in [0, 0.05) is 32.8 Å². The van der Waals surface area contributed by atoms with Crippen molar-refractivity contribution in [3.05, 3.63) is 18.0 Å². The van der Waals surface area contributed by atoms with Crippen molar-refractivity contribution in [2.24, 2.45) is 7.05 Å². The van der Waals surface area contributed by atoms with Crippen LogP contribution in [0.1, 0.15) is 44.7 Å². The van der Waals surface area contributed by atoms with Crippen LogP contribution in [-0.4, -0.2) is 35.1 Å². The molecule has 1 atom stereocenters. The Morgan fingerprint density at radius 3 is 2.74 bits per heavy atom. The van der Waals surface area contributed by atoms with Gasteiger partial charge in [-0.05, 0) is 31.9 Å². The van der Waals surface area contributed by atoms with Crippen molar-refractivity contribution < 1.29 is 4.74 Å². The number of hydrogen-bond acceptors (Lipinski definition) is 3. The van der Waals surface area contributed by atoms with Gasteiger partial charge < -0.3 is 10.1 Å². The highest BCUT2D eigenvalue weighted by Crippen LogP contribution is 2.36. The second-order valence-corrected chi connectivity index (χ2v) is 5.67. The Labute approximate surface area is 116 Å². The molecule has 0 aromatic carbocycles. The van der Waals surface area contributed by atoms with Gasteiger partial charge >= 0.3 is 0 Å².